The number of piperidine rings is 1. The van der Waals surface area contributed by atoms with Gasteiger partial charge in [-0.1, -0.05) is 12.1 Å². The van der Waals surface area contributed by atoms with Crippen LogP contribution in [0.5, 0.6) is 23.0 Å². The summed E-state index contributed by atoms with van der Waals surface area (Å²) in [7, 11) is 0. The first-order valence-electron chi connectivity index (χ1n) is 27.6. The molecule has 3 heterocycles. The Bertz CT molecular complexity index is 3310. The fourth-order valence-corrected chi connectivity index (χ4v) is 14.7. The molecule has 8 bridgehead atoms. The van der Waals surface area contributed by atoms with Gasteiger partial charge in [0, 0.05) is 55.6 Å². The molecule has 0 aromatic heterocycles. The van der Waals surface area contributed by atoms with Crippen molar-refractivity contribution in [2.24, 2.45) is 11.8 Å². The van der Waals surface area contributed by atoms with Gasteiger partial charge in [-0.25, -0.2) is 9.59 Å². The average Bonchev–Trinajstić information content (AvgIpc) is 1.42. The van der Waals surface area contributed by atoms with Gasteiger partial charge in [0.25, 0.3) is 0 Å². The van der Waals surface area contributed by atoms with E-state index >= 15 is 0 Å². The van der Waals surface area contributed by atoms with Gasteiger partial charge in [0.1, 0.15) is 0 Å². The molecule has 6 fully saturated rings. The third kappa shape index (κ3) is 7.95. The summed E-state index contributed by atoms with van der Waals surface area (Å²) in [5.74, 6) is -89.9. The highest BCUT2D eigenvalue weighted by Crippen LogP contribution is 2.82. The van der Waals surface area contributed by atoms with Gasteiger partial charge < -0.3 is 38.6 Å². The van der Waals surface area contributed by atoms with Gasteiger partial charge in [-0.15, -0.1) is 0 Å². The molecule has 88 heavy (non-hydrogen) atoms. The minimum atomic E-state index is -9.39. The molecule has 14 nitrogen and oxygen atoms in total. The smallest absolute Gasteiger partial charge is 0.478 e. The van der Waals surface area contributed by atoms with Crippen LogP contribution in [0.4, 0.5) is 97.4 Å². The Labute approximate surface area is 482 Å². The monoisotopic (exact) mass is 1300 g/mol. The van der Waals surface area contributed by atoms with Crippen molar-refractivity contribution in [3.8, 4) is 23.0 Å². The number of carbonyl (C=O) groups excluding carboxylic acids is 4. The molecule has 0 amide bonds. The summed E-state index contributed by atoms with van der Waals surface area (Å²) in [6.45, 7) is -4.63. The lowest BCUT2D eigenvalue weighted by Crippen LogP contribution is -2.77. The molecule has 10 atom stereocenters. The molecular weight excluding hydrogens is 1250 g/mol. The number of nitrogens with zero attached hydrogens (tertiary/aromatic N) is 2. The molecule has 486 valence electrons. The molecule has 6 unspecified atom stereocenters. The van der Waals surface area contributed by atoms with E-state index in [9.17, 15) is 117 Å². The summed E-state index contributed by atoms with van der Waals surface area (Å²) in [6.07, 6.45) is -5.28. The molecule has 2 spiro atoms. The maximum absolute atomic E-state index is 15.0. The first kappa shape index (κ1) is 62.5. The zero-order valence-corrected chi connectivity index (χ0v) is 45.1. The van der Waals surface area contributed by atoms with Gasteiger partial charge in [0.15, 0.2) is 60.0 Å². The van der Waals surface area contributed by atoms with Gasteiger partial charge in [-0.3, -0.25) is 19.4 Å². The van der Waals surface area contributed by atoms with Crippen LogP contribution in [0.2, 0.25) is 0 Å². The number of Topliss-reactive ketones (excluding diaryl/α,β-unsaturated/α-hetero) is 2. The van der Waals surface area contributed by atoms with Gasteiger partial charge in [-0.2, -0.15) is 87.8 Å². The number of hydrogen-bond acceptors (Lipinski definition) is 14. The van der Waals surface area contributed by atoms with Crippen LogP contribution in [-0.2, 0) is 36.4 Å². The van der Waals surface area contributed by atoms with E-state index in [4.69, 9.17) is 18.9 Å². The zero-order valence-electron chi connectivity index (χ0n) is 45.1. The number of hydrogen-bond donors (Lipinski definition) is 2. The summed E-state index contributed by atoms with van der Waals surface area (Å²) in [5, 5.41) is 24.0. The lowest BCUT2D eigenvalue weighted by atomic mass is 9.59. The number of halogens is 20. The highest BCUT2D eigenvalue weighted by atomic mass is 19.4. The number of alkyl halides is 20. The number of carbonyl (C=O) groups is 4. The van der Waals surface area contributed by atoms with Crippen molar-refractivity contribution in [2.75, 3.05) is 26.3 Å². The number of ether oxygens (including phenoxy) is 6. The number of fused-ring (bicyclic) bond motifs is 3. The van der Waals surface area contributed by atoms with E-state index < -0.39 is 172 Å². The highest BCUT2D eigenvalue weighted by molar-refractivity contribution is 5.92. The quantitative estimate of drug-likeness (QED) is 0.0589. The third-order valence-electron chi connectivity index (χ3n) is 19.8. The molecule has 2 N–H and O–H groups in total. The molecular formula is C54H48F20N2O12. The van der Waals surface area contributed by atoms with Crippen LogP contribution in [0.1, 0.15) is 106 Å². The van der Waals surface area contributed by atoms with E-state index in [-0.39, 0.29) is 67.9 Å². The van der Waals surface area contributed by atoms with Gasteiger partial charge in [0.05, 0.1) is 28.2 Å². The fraction of sp³-hybridized carbons (Fsp3) is 0.704. The van der Waals surface area contributed by atoms with E-state index in [0.717, 1.165) is 37.8 Å². The maximum atomic E-state index is 15.0. The highest BCUT2D eigenvalue weighted by Gasteiger charge is 2.98. The second kappa shape index (κ2) is 18.8. The molecule has 2 aromatic rings. The molecule has 12 rings (SSSR count). The van der Waals surface area contributed by atoms with Gasteiger partial charge >= 0.3 is 71.5 Å². The van der Waals surface area contributed by atoms with Crippen molar-refractivity contribution in [3.63, 3.8) is 0 Å². The zero-order chi connectivity index (χ0) is 64.5. The lowest BCUT2D eigenvalue weighted by Gasteiger charge is -2.47. The molecule has 34 heteroatoms. The van der Waals surface area contributed by atoms with E-state index in [2.05, 4.69) is 9.47 Å². The van der Waals surface area contributed by atoms with Gasteiger partial charge in [-0.05, 0) is 99.8 Å². The van der Waals surface area contributed by atoms with Crippen LogP contribution in [-0.4, -0.2) is 165 Å². The average molecular weight is 1300 g/mol. The first-order valence-corrected chi connectivity index (χ1v) is 27.6. The van der Waals surface area contributed by atoms with E-state index in [1.165, 1.54) is 12.1 Å². The second-order valence-electron chi connectivity index (χ2n) is 24.8. The summed E-state index contributed by atoms with van der Waals surface area (Å²) < 4.78 is 327. The molecule has 1 saturated heterocycles. The van der Waals surface area contributed by atoms with Crippen LogP contribution < -0.4 is 18.9 Å². The number of ketones is 2. The Balaban J connectivity index is 0.721. The Morgan fingerprint density at radius 3 is 1.62 bits per heavy atom. The van der Waals surface area contributed by atoms with E-state index in [1.807, 2.05) is 9.80 Å². The fourth-order valence-electron chi connectivity index (χ4n) is 14.7. The minimum Gasteiger partial charge on any atom is -0.478 e. The van der Waals surface area contributed by atoms with Crippen molar-refractivity contribution in [1.29, 1.82) is 0 Å². The standard InChI is InChI=1S/C54H48F20N2O12/c1-22-41(81)14-12-29(77)33(16-41)85-35-26-6-9-28(75(22)17-23-2-3-23)25(26)7-10-31(35)86-39(79)83-20-45(55,56)47(59,60)49(63,64)51(67,68)53(71,72)54(73,74)52(69,70)50(65,66)48(61,62)46(57,58)21-84-40(80)87-32-11-8-27-34-36(32)88-37-30(78)13-15-44(82)38-43(27,19-42(34,37)44)76(38)18-24-4-5-24/h7-8,10-11,22-24,28,33,37-38,81-82H,2-6,9,12-21H2,1H3/t22?,28?,33-,37?,38?,41+,42+,43?,44-,76?/m1/s1. The molecule has 0 radical (unpaired) electrons. The first-order chi connectivity index (χ1) is 40.4. The molecule has 2 aromatic carbocycles. The summed E-state index contributed by atoms with van der Waals surface area (Å²) >= 11 is 0. The Kier molecular flexibility index (Phi) is 13.3. The van der Waals surface area contributed by atoms with Crippen molar-refractivity contribution >= 4 is 23.9 Å². The Morgan fingerprint density at radius 1 is 0.602 bits per heavy atom. The van der Waals surface area contributed by atoms with Crippen molar-refractivity contribution in [3.05, 3.63) is 46.5 Å². The van der Waals surface area contributed by atoms with Crippen molar-refractivity contribution in [2.45, 2.75) is 196 Å². The van der Waals surface area contributed by atoms with Crippen LogP contribution >= 0.6 is 0 Å². The molecule has 5 saturated carbocycles. The summed E-state index contributed by atoms with van der Waals surface area (Å²) in [4.78, 5) is 55.7. The largest absolute Gasteiger partial charge is 0.514 e. The van der Waals surface area contributed by atoms with E-state index in [0.29, 0.717) is 30.6 Å². The normalized spacial score (nSPS) is 32.0. The van der Waals surface area contributed by atoms with Gasteiger partial charge in [0.2, 0.25) is 0 Å². The van der Waals surface area contributed by atoms with Crippen molar-refractivity contribution < 1.29 is 146 Å². The van der Waals surface area contributed by atoms with Crippen LogP contribution in [0.15, 0.2) is 24.3 Å². The predicted molar refractivity (Wildman–Crippen MR) is 249 cm³/mol. The Morgan fingerprint density at radius 2 is 1.09 bits per heavy atom. The molecule has 10 aliphatic rings. The number of aliphatic hydroxyl groups is 2. The summed E-state index contributed by atoms with van der Waals surface area (Å²) in [6, 6.07) is 2.80. The minimum absolute atomic E-state index is 0.0267. The number of benzene rings is 2. The summed E-state index contributed by atoms with van der Waals surface area (Å²) in [5.41, 5.74) is -4.33. The van der Waals surface area contributed by atoms with Crippen LogP contribution in [0.25, 0.3) is 0 Å². The SMILES string of the molecule is CC1N(CC2CC2)C2CCc3c2ccc(OC(=O)OCC(F)(F)C(F)(F)C(F)(F)C(F)(F)C(F)(F)C(F)(F)C(F)(F)C(F)(F)C(F)(F)C(F)(F)COC(=O)Oc2ccc4c5c2OC2C(=O)CC[C@@]6(O)C7N(CC8CC8)C47C[C@]526)c3O[C@@H]2C[C@@]1(O)CCC2=O. The predicted octanol–water partition coefficient (Wildman–Crippen LogP) is 10.9. The lowest BCUT2D eigenvalue weighted by molar-refractivity contribution is -0.469. The second-order valence-corrected chi connectivity index (χ2v) is 24.8. The van der Waals surface area contributed by atoms with E-state index in [1.54, 1.807) is 6.92 Å². The van der Waals surface area contributed by atoms with Crippen LogP contribution in [0.3, 0.4) is 0 Å². The van der Waals surface area contributed by atoms with Crippen molar-refractivity contribution in [1.82, 2.24) is 9.80 Å². The maximum Gasteiger partial charge on any atom is 0.514 e. The Hall–Kier alpha value is -5.64. The topological polar surface area (TPSA) is 170 Å². The van der Waals surface area contributed by atoms with Crippen LogP contribution in [0, 0.1) is 11.8 Å². The molecule has 7 aliphatic carbocycles. The number of rotatable bonds is 19. The number of likely N-dealkylation sites (tertiary alicyclic amines) is 1. The third-order valence-corrected chi connectivity index (χ3v) is 19.8. The molecule has 3 aliphatic heterocycles.